The maximum atomic E-state index is 11.9. The number of hydrogen-bond donors (Lipinski definition) is 1. The minimum absolute atomic E-state index is 0.144. The largest absolute Gasteiger partial charge is 0.348 e. The van der Waals surface area contributed by atoms with Gasteiger partial charge in [0.1, 0.15) is 6.33 Å². The van der Waals surface area contributed by atoms with Crippen LogP contribution < -0.4 is 5.32 Å². The number of carbonyl (C=O) groups is 1. The third kappa shape index (κ3) is 2.91. The Bertz CT molecular complexity index is 566. The fraction of sp³-hybridized carbons (Fsp3) is 0.214. The van der Waals surface area contributed by atoms with Crippen LogP contribution in [0, 0.1) is 13.8 Å². The topological polar surface area (TPSA) is 54.9 Å². The Balaban J connectivity index is 2.03. The molecule has 18 heavy (non-hydrogen) atoms. The van der Waals surface area contributed by atoms with Gasteiger partial charge in [0.25, 0.3) is 5.91 Å². The van der Waals surface area contributed by atoms with Crippen LogP contribution >= 0.6 is 0 Å². The van der Waals surface area contributed by atoms with Crippen molar-refractivity contribution in [3.8, 4) is 0 Å². The molecule has 0 aliphatic heterocycles. The summed E-state index contributed by atoms with van der Waals surface area (Å²) >= 11 is 0. The molecule has 0 radical (unpaired) electrons. The summed E-state index contributed by atoms with van der Waals surface area (Å²) in [7, 11) is 0. The number of carbonyl (C=O) groups excluding carboxylic acids is 1. The third-order valence-electron chi connectivity index (χ3n) is 2.69. The van der Waals surface area contributed by atoms with Gasteiger partial charge in [-0.15, -0.1) is 0 Å². The van der Waals surface area contributed by atoms with Gasteiger partial charge in [0.2, 0.25) is 0 Å². The fourth-order valence-electron chi connectivity index (χ4n) is 1.71. The Hall–Kier alpha value is -2.23. The van der Waals surface area contributed by atoms with Crippen molar-refractivity contribution in [1.29, 1.82) is 0 Å². The van der Waals surface area contributed by atoms with Gasteiger partial charge in [0, 0.05) is 12.7 Å². The molecular weight excluding hydrogens is 226 g/mol. The van der Waals surface area contributed by atoms with Crippen LogP contribution in [0.15, 0.2) is 36.8 Å². The smallest absolute Gasteiger partial charge is 0.254 e. The standard InChI is InChI=1S/C14H15N3O/c1-10-4-3-5-12(6-10)7-16-14(18)13-8-15-9-17-11(13)2/h3-6,8-9H,7H2,1-2H3,(H,16,18). The molecule has 0 saturated heterocycles. The number of benzene rings is 1. The second-order valence-corrected chi connectivity index (χ2v) is 4.19. The minimum atomic E-state index is -0.144. The van der Waals surface area contributed by atoms with E-state index in [0.29, 0.717) is 17.8 Å². The first kappa shape index (κ1) is 12.2. The molecule has 0 fully saturated rings. The van der Waals surface area contributed by atoms with Crippen LogP contribution in [0.4, 0.5) is 0 Å². The van der Waals surface area contributed by atoms with Gasteiger partial charge in [0.05, 0.1) is 11.3 Å². The van der Waals surface area contributed by atoms with E-state index in [1.54, 1.807) is 6.92 Å². The lowest BCUT2D eigenvalue weighted by atomic mass is 10.1. The van der Waals surface area contributed by atoms with Gasteiger partial charge in [-0.25, -0.2) is 9.97 Å². The molecule has 2 rings (SSSR count). The Morgan fingerprint density at radius 2 is 2.17 bits per heavy atom. The van der Waals surface area contributed by atoms with Crippen molar-refractivity contribution in [2.24, 2.45) is 0 Å². The quantitative estimate of drug-likeness (QED) is 0.894. The molecular formula is C14H15N3O. The van der Waals surface area contributed by atoms with Crippen LogP contribution in [0.5, 0.6) is 0 Å². The van der Waals surface area contributed by atoms with Gasteiger partial charge in [0.15, 0.2) is 0 Å². The molecule has 0 unspecified atom stereocenters. The normalized spacial score (nSPS) is 10.1. The average Bonchev–Trinajstić information content (AvgIpc) is 2.37. The summed E-state index contributed by atoms with van der Waals surface area (Å²) in [4.78, 5) is 19.8. The van der Waals surface area contributed by atoms with Crippen molar-refractivity contribution in [1.82, 2.24) is 15.3 Å². The van der Waals surface area contributed by atoms with Crippen LogP contribution in [0.1, 0.15) is 27.2 Å². The second-order valence-electron chi connectivity index (χ2n) is 4.19. The lowest BCUT2D eigenvalue weighted by Crippen LogP contribution is -2.24. The summed E-state index contributed by atoms with van der Waals surface area (Å²) < 4.78 is 0. The predicted octanol–water partition coefficient (Wildman–Crippen LogP) is 2.02. The van der Waals surface area contributed by atoms with Crippen molar-refractivity contribution in [2.75, 3.05) is 0 Å². The van der Waals surface area contributed by atoms with E-state index in [1.807, 2.05) is 25.1 Å². The molecule has 1 heterocycles. The van der Waals surface area contributed by atoms with Crippen LogP contribution in [-0.4, -0.2) is 15.9 Å². The summed E-state index contributed by atoms with van der Waals surface area (Å²) in [6.07, 6.45) is 2.97. The first-order valence-corrected chi connectivity index (χ1v) is 5.77. The Kier molecular flexibility index (Phi) is 3.67. The summed E-state index contributed by atoms with van der Waals surface area (Å²) in [6, 6.07) is 8.05. The number of nitrogens with zero attached hydrogens (tertiary/aromatic N) is 2. The summed E-state index contributed by atoms with van der Waals surface area (Å²) in [6.45, 7) is 4.33. The number of aryl methyl sites for hydroxylation is 2. The lowest BCUT2D eigenvalue weighted by molar-refractivity contribution is 0.0949. The third-order valence-corrected chi connectivity index (χ3v) is 2.69. The zero-order valence-corrected chi connectivity index (χ0v) is 10.5. The molecule has 2 aromatic rings. The SMILES string of the molecule is Cc1cccc(CNC(=O)c2cncnc2C)c1. The molecule has 0 aliphatic rings. The zero-order valence-electron chi connectivity index (χ0n) is 10.5. The molecule has 4 nitrogen and oxygen atoms in total. The van der Waals surface area contributed by atoms with Gasteiger partial charge in [-0.2, -0.15) is 0 Å². The molecule has 1 aromatic heterocycles. The van der Waals surface area contributed by atoms with Crippen LogP contribution in [-0.2, 0) is 6.54 Å². The molecule has 1 N–H and O–H groups in total. The van der Waals surface area contributed by atoms with E-state index < -0.39 is 0 Å². The monoisotopic (exact) mass is 241 g/mol. The summed E-state index contributed by atoms with van der Waals surface area (Å²) in [5, 5.41) is 2.86. The zero-order chi connectivity index (χ0) is 13.0. The van der Waals surface area contributed by atoms with Crippen molar-refractivity contribution >= 4 is 5.91 Å². The second kappa shape index (κ2) is 5.40. The molecule has 1 amide bonds. The highest BCUT2D eigenvalue weighted by molar-refractivity contribution is 5.94. The van der Waals surface area contributed by atoms with E-state index in [4.69, 9.17) is 0 Å². The van der Waals surface area contributed by atoms with E-state index in [-0.39, 0.29) is 5.91 Å². The highest BCUT2D eigenvalue weighted by atomic mass is 16.1. The highest BCUT2D eigenvalue weighted by Crippen LogP contribution is 2.05. The molecule has 0 aliphatic carbocycles. The Labute approximate surface area is 106 Å². The van der Waals surface area contributed by atoms with Crippen molar-refractivity contribution < 1.29 is 4.79 Å². The summed E-state index contributed by atoms with van der Waals surface area (Å²) in [5.74, 6) is -0.144. The van der Waals surface area contributed by atoms with E-state index >= 15 is 0 Å². The molecule has 0 spiro atoms. The van der Waals surface area contributed by atoms with Gasteiger partial charge in [-0.05, 0) is 19.4 Å². The number of hydrogen-bond acceptors (Lipinski definition) is 3. The number of nitrogens with one attached hydrogen (secondary N) is 1. The predicted molar refractivity (Wildman–Crippen MR) is 69.1 cm³/mol. The number of aromatic nitrogens is 2. The van der Waals surface area contributed by atoms with Gasteiger partial charge < -0.3 is 5.32 Å². The first-order valence-electron chi connectivity index (χ1n) is 5.77. The maximum Gasteiger partial charge on any atom is 0.254 e. The highest BCUT2D eigenvalue weighted by Gasteiger charge is 2.09. The Morgan fingerprint density at radius 3 is 2.89 bits per heavy atom. The molecule has 1 aromatic carbocycles. The summed E-state index contributed by atoms with van der Waals surface area (Å²) in [5.41, 5.74) is 3.47. The van der Waals surface area contributed by atoms with E-state index in [1.165, 1.54) is 18.1 Å². The van der Waals surface area contributed by atoms with E-state index in [9.17, 15) is 4.79 Å². The van der Waals surface area contributed by atoms with Crippen molar-refractivity contribution in [3.63, 3.8) is 0 Å². The average molecular weight is 241 g/mol. The van der Waals surface area contributed by atoms with Crippen molar-refractivity contribution in [2.45, 2.75) is 20.4 Å². The fourth-order valence-corrected chi connectivity index (χ4v) is 1.71. The van der Waals surface area contributed by atoms with Gasteiger partial charge in [-0.3, -0.25) is 4.79 Å². The van der Waals surface area contributed by atoms with E-state index in [0.717, 1.165) is 5.56 Å². The van der Waals surface area contributed by atoms with Crippen LogP contribution in [0.3, 0.4) is 0 Å². The molecule has 0 bridgehead atoms. The number of rotatable bonds is 3. The first-order chi connectivity index (χ1) is 8.66. The van der Waals surface area contributed by atoms with Crippen LogP contribution in [0.2, 0.25) is 0 Å². The molecule has 92 valence electrons. The molecule has 0 atom stereocenters. The van der Waals surface area contributed by atoms with Gasteiger partial charge >= 0.3 is 0 Å². The van der Waals surface area contributed by atoms with Crippen molar-refractivity contribution in [3.05, 3.63) is 59.2 Å². The maximum absolute atomic E-state index is 11.9. The molecule has 0 saturated carbocycles. The van der Waals surface area contributed by atoms with Gasteiger partial charge in [-0.1, -0.05) is 29.8 Å². The molecule has 4 heteroatoms. The lowest BCUT2D eigenvalue weighted by Gasteiger charge is -2.07. The Morgan fingerprint density at radius 1 is 1.33 bits per heavy atom. The van der Waals surface area contributed by atoms with Crippen LogP contribution in [0.25, 0.3) is 0 Å². The minimum Gasteiger partial charge on any atom is -0.348 e. The van der Waals surface area contributed by atoms with E-state index in [2.05, 4.69) is 21.4 Å². The number of amides is 1.